The number of urea groups is 1. The molecule has 23 heavy (non-hydrogen) atoms. The van der Waals surface area contributed by atoms with E-state index < -0.39 is 0 Å². The Hall–Kier alpha value is -1.89. The summed E-state index contributed by atoms with van der Waals surface area (Å²) in [6.07, 6.45) is 6.51. The highest BCUT2D eigenvalue weighted by atomic mass is 32.1. The summed E-state index contributed by atoms with van der Waals surface area (Å²) in [4.78, 5) is 23.1. The van der Waals surface area contributed by atoms with Crippen LogP contribution in [0.1, 0.15) is 35.8 Å². The van der Waals surface area contributed by atoms with E-state index in [2.05, 4.69) is 27.6 Å². The lowest BCUT2D eigenvalue weighted by Gasteiger charge is -2.17. The molecule has 1 fully saturated rings. The van der Waals surface area contributed by atoms with Gasteiger partial charge in [-0.15, -0.1) is 11.3 Å². The van der Waals surface area contributed by atoms with Gasteiger partial charge in [0.1, 0.15) is 5.82 Å². The van der Waals surface area contributed by atoms with E-state index in [0.717, 1.165) is 48.9 Å². The number of thiazole rings is 1. The van der Waals surface area contributed by atoms with Crippen LogP contribution in [0.4, 0.5) is 4.79 Å². The van der Waals surface area contributed by atoms with E-state index in [4.69, 9.17) is 0 Å². The summed E-state index contributed by atoms with van der Waals surface area (Å²) in [5.41, 5.74) is 1.07. The number of imidazole rings is 1. The molecule has 0 bridgehead atoms. The number of likely N-dealkylation sites (tertiary alicyclic amines) is 1. The van der Waals surface area contributed by atoms with Gasteiger partial charge in [0.2, 0.25) is 0 Å². The van der Waals surface area contributed by atoms with Gasteiger partial charge in [0.15, 0.2) is 0 Å². The van der Waals surface area contributed by atoms with Crippen molar-refractivity contribution in [2.24, 2.45) is 7.05 Å². The molecular formula is C16H23N5OS. The third kappa shape index (κ3) is 3.72. The zero-order chi connectivity index (χ0) is 16.2. The van der Waals surface area contributed by atoms with Crippen LogP contribution < -0.4 is 5.32 Å². The molecule has 1 atom stereocenters. The Morgan fingerprint density at radius 3 is 3.09 bits per heavy atom. The molecule has 2 amide bonds. The lowest BCUT2D eigenvalue weighted by atomic mass is 10.1. The van der Waals surface area contributed by atoms with Crippen molar-refractivity contribution in [3.05, 3.63) is 34.3 Å². The van der Waals surface area contributed by atoms with Crippen LogP contribution in [0.25, 0.3) is 0 Å². The number of amides is 2. The fourth-order valence-electron chi connectivity index (χ4n) is 2.96. The minimum Gasteiger partial charge on any atom is -0.338 e. The second-order valence-corrected chi connectivity index (χ2v) is 6.84. The average molecular weight is 333 g/mol. The second-order valence-electron chi connectivity index (χ2n) is 5.90. The molecule has 0 saturated carbocycles. The first-order chi connectivity index (χ1) is 11.2. The predicted molar refractivity (Wildman–Crippen MR) is 90.7 cm³/mol. The van der Waals surface area contributed by atoms with E-state index in [-0.39, 0.29) is 6.03 Å². The molecular weight excluding hydrogens is 310 g/mol. The molecule has 0 aromatic carbocycles. The minimum absolute atomic E-state index is 0.0210. The maximum Gasteiger partial charge on any atom is 0.317 e. The van der Waals surface area contributed by atoms with Crippen molar-refractivity contribution >= 4 is 17.4 Å². The van der Waals surface area contributed by atoms with Gasteiger partial charge in [-0.05, 0) is 12.8 Å². The van der Waals surface area contributed by atoms with Crippen molar-refractivity contribution in [2.45, 2.75) is 32.1 Å². The lowest BCUT2D eigenvalue weighted by molar-refractivity contribution is 0.208. The van der Waals surface area contributed by atoms with Crippen molar-refractivity contribution in [1.29, 1.82) is 0 Å². The van der Waals surface area contributed by atoms with Crippen molar-refractivity contribution in [3.8, 4) is 0 Å². The third-order valence-electron chi connectivity index (χ3n) is 4.26. The molecule has 3 heterocycles. The highest BCUT2D eigenvalue weighted by Crippen LogP contribution is 2.25. The smallest absolute Gasteiger partial charge is 0.317 e. The molecule has 1 unspecified atom stereocenters. The average Bonchev–Trinajstić information content (AvgIpc) is 3.26. The Kier molecular flexibility index (Phi) is 4.95. The van der Waals surface area contributed by atoms with Gasteiger partial charge in [0, 0.05) is 56.8 Å². The summed E-state index contributed by atoms with van der Waals surface area (Å²) in [6, 6.07) is 0.0210. The summed E-state index contributed by atoms with van der Waals surface area (Å²) in [6.45, 7) is 4.28. The van der Waals surface area contributed by atoms with Gasteiger partial charge in [-0.3, -0.25) is 0 Å². The summed E-state index contributed by atoms with van der Waals surface area (Å²) in [7, 11) is 2.00. The number of nitrogens with zero attached hydrogens (tertiary/aromatic N) is 4. The first-order valence-electron chi connectivity index (χ1n) is 8.10. The molecule has 2 aromatic rings. The SMILES string of the molecule is CCc1nc(CCNC(=O)N2CCC(c3nccn3C)C2)cs1. The minimum atomic E-state index is 0.0210. The maximum atomic E-state index is 12.3. The molecule has 0 spiro atoms. The molecule has 1 aliphatic heterocycles. The number of carbonyl (C=O) groups excluding carboxylic acids is 1. The van der Waals surface area contributed by atoms with Gasteiger partial charge in [-0.2, -0.15) is 0 Å². The van der Waals surface area contributed by atoms with Crippen molar-refractivity contribution in [3.63, 3.8) is 0 Å². The third-order valence-corrected chi connectivity index (χ3v) is 5.30. The molecule has 1 saturated heterocycles. The normalized spacial score (nSPS) is 17.7. The van der Waals surface area contributed by atoms with Crippen molar-refractivity contribution in [1.82, 2.24) is 24.8 Å². The molecule has 1 N–H and O–H groups in total. The van der Waals surface area contributed by atoms with E-state index in [1.54, 1.807) is 11.3 Å². The van der Waals surface area contributed by atoms with Crippen LogP contribution in [0.2, 0.25) is 0 Å². The van der Waals surface area contributed by atoms with Crippen LogP contribution in [-0.4, -0.2) is 45.1 Å². The first-order valence-corrected chi connectivity index (χ1v) is 8.98. The van der Waals surface area contributed by atoms with Gasteiger partial charge >= 0.3 is 6.03 Å². The van der Waals surface area contributed by atoms with Gasteiger partial charge in [0.25, 0.3) is 0 Å². The summed E-state index contributed by atoms with van der Waals surface area (Å²) in [5.74, 6) is 1.40. The summed E-state index contributed by atoms with van der Waals surface area (Å²) < 4.78 is 2.04. The van der Waals surface area contributed by atoms with E-state index in [1.807, 2.05) is 28.9 Å². The topological polar surface area (TPSA) is 63.1 Å². The van der Waals surface area contributed by atoms with Crippen LogP contribution in [0.3, 0.4) is 0 Å². The molecule has 0 radical (unpaired) electrons. The molecule has 7 heteroatoms. The van der Waals surface area contributed by atoms with E-state index in [0.29, 0.717) is 12.5 Å². The maximum absolute atomic E-state index is 12.3. The van der Waals surface area contributed by atoms with Crippen molar-refractivity contribution in [2.75, 3.05) is 19.6 Å². The fraction of sp³-hybridized carbons (Fsp3) is 0.562. The predicted octanol–water partition coefficient (Wildman–Crippen LogP) is 2.18. The Morgan fingerprint density at radius 1 is 1.52 bits per heavy atom. The Bertz CT molecular complexity index is 665. The zero-order valence-corrected chi connectivity index (χ0v) is 14.5. The molecule has 1 aliphatic rings. The highest BCUT2D eigenvalue weighted by molar-refractivity contribution is 7.09. The lowest BCUT2D eigenvalue weighted by Crippen LogP contribution is -2.39. The van der Waals surface area contributed by atoms with Crippen molar-refractivity contribution < 1.29 is 4.79 Å². The van der Waals surface area contributed by atoms with Crippen LogP contribution in [0.15, 0.2) is 17.8 Å². The number of carbonyl (C=O) groups is 1. The number of rotatable bonds is 5. The molecule has 2 aromatic heterocycles. The second kappa shape index (κ2) is 7.12. The standard InChI is InChI=1S/C16H23N5OS/c1-3-14-19-13(11-23-14)4-6-18-16(22)21-8-5-12(10-21)15-17-7-9-20(15)2/h7,9,11-12H,3-6,8,10H2,1-2H3,(H,18,22). The zero-order valence-electron chi connectivity index (χ0n) is 13.7. The quantitative estimate of drug-likeness (QED) is 0.912. The monoisotopic (exact) mass is 333 g/mol. The van der Waals surface area contributed by atoms with Crippen LogP contribution in [-0.2, 0) is 19.9 Å². The van der Waals surface area contributed by atoms with Gasteiger partial charge < -0.3 is 14.8 Å². The van der Waals surface area contributed by atoms with Crippen LogP contribution >= 0.6 is 11.3 Å². The Labute approximate surface area is 140 Å². The summed E-state index contributed by atoms with van der Waals surface area (Å²) >= 11 is 1.69. The van der Waals surface area contributed by atoms with Gasteiger partial charge in [-0.25, -0.2) is 14.8 Å². The Balaban J connectivity index is 1.45. The molecule has 6 nitrogen and oxygen atoms in total. The molecule has 3 rings (SSSR count). The first kappa shape index (κ1) is 16.0. The van der Waals surface area contributed by atoms with Gasteiger partial charge in [-0.1, -0.05) is 6.92 Å². The number of nitrogens with one attached hydrogen (secondary N) is 1. The number of aromatic nitrogens is 3. The van der Waals surface area contributed by atoms with Crippen LogP contribution in [0.5, 0.6) is 0 Å². The van der Waals surface area contributed by atoms with E-state index >= 15 is 0 Å². The van der Waals surface area contributed by atoms with Gasteiger partial charge in [0.05, 0.1) is 10.7 Å². The van der Waals surface area contributed by atoms with E-state index in [1.165, 1.54) is 0 Å². The summed E-state index contributed by atoms with van der Waals surface area (Å²) in [5, 5.41) is 6.24. The molecule has 124 valence electrons. The number of hydrogen-bond donors (Lipinski definition) is 1. The molecule has 0 aliphatic carbocycles. The largest absolute Gasteiger partial charge is 0.338 e. The number of aryl methyl sites for hydroxylation is 2. The highest BCUT2D eigenvalue weighted by Gasteiger charge is 2.29. The van der Waals surface area contributed by atoms with E-state index in [9.17, 15) is 4.79 Å². The fourth-order valence-corrected chi connectivity index (χ4v) is 3.74. The Morgan fingerprint density at radius 2 is 2.39 bits per heavy atom. The number of hydrogen-bond acceptors (Lipinski definition) is 4. The van der Waals surface area contributed by atoms with Crippen LogP contribution in [0, 0.1) is 0 Å².